The predicted octanol–water partition coefficient (Wildman–Crippen LogP) is 5.23. The van der Waals surface area contributed by atoms with Gasteiger partial charge in [-0.25, -0.2) is 9.18 Å². The summed E-state index contributed by atoms with van der Waals surface area (Å²) in [7, 11) is 1.55. The zero-order valence-corrected chi connectivity index (χ0v) is 18.7. The molecule has 3 aromatic rings. The molecule has 0 radical (unpaired) electrons. The van der Waals surface area contributed by atoms with Crippen molar-refractivity contribution in [3.05, 3.63) is 89.2 Å². The Morgan fingerprint density at radius 3 is 2.67 bits per heavy atom. The molecule has 4 rings (SSSR count). The van der Waals surface area contributed by atoms with Crippen LogP contribution in [0.2, 0.25) is 0 Å². The number of urea groups is 1. The number of nitrogens with zero attached hydrogens (tertiary/aromatic N) is 2. The summed E-state index contributed by atoms with van der Waals surface area (Å²) in [6.45, 7) is 3.17. The monoisotopic (exact) mass is 447 g/mol. The molecule has 0 spiro atoms. The van der Waals surface area contributed by atoms with Crippen LogP contribution < -0.4 is 15.0 Å². The molecular weight excluding hydrogens is 421 g/mol. The maximum Gasteiger partial charge on any atom is 0.324 e. The summed E-state index contributed by atoms with van der Waals surface area (Å²) in [6, 6.07) is 18.7. The van der Waals surface area contributed by atoms with Crippen LogP contribution in [-0.4, -0.2) is 37.0 Å². The van der Waals surface area contributed by atoms with E-state index in [1.54, 1.807) is 59.4 Å². The van der Waals surface area contributed by atoms with Crippen LogP contribution in [0.4, 0.5) is 20.6 Å². The number of ether oxygens (including phenoxy) is 1. The molecule has 0 saturated carbocycles. The molecule has 0 unspecified atom stereocenters. The molecule has 0 aliphatic carbocycles. The number of hydrogen-bond donors (Lipinski definition) is 1. The van der Waals surface area contributed by atoms with E-state index in [1.165, 1.54) is 6.07 Å². The van der Waals surface area contributed by atoms with Crippen LogP contribution >= 0.6 is 0 Å². The van der Waals surface area contributed by atoms with Gasteiger partial charge in [0.05, 0.1) is 25.0 Å². The minimum Gasteiger partial charge on any atom is -0.497 e. The summed E-state index contributed by atoms with van der Waals surface area (Å²) >= 11 is 0. The topological polar surface area (TPSA) is 61.9 Å². The van der Waals surface area contributed by atoms with Crippen molar-refractivity contribution in [3.63, 3.8) is 0 Å². The first kappa shape index (κ1) is 22.3. The van der Waals surface area contributed by atoms with Crippen molar-refractivity contribution in [3.8, 4) is 5.75 Å². The van der Waals surface area contributed by atoms with Gasteiger partial charge in [-0.3, -0.25) is 9.69 Å². The summed E-state index contributed by atoms with van der Waals surface area (Å²) in [5.74, 6) is -0.0421. The second-order valence-corrected chi connectivity index (χ2v) is 8.01. The number of benzene rings is 3. The third-order valence-electron chi connectivity index (χ3n) is 5.65. The van der Waals surface area contributed by atoms with Gasteiger partial charge in [0.25, 0.3) is 5.91 Å². The molecule has 1 saturated heterocycles. The highest BCUT2D eigenvalue weighted by Crippen LogP contribution is 2.31. The highest BCUT2D eigenvalue weighted by Gasteiger charge is 2.29. The van der Waals surface area contributed by atoms with Crippen LogP contribution in [0.25, 0.3) is 0 Å². The average molecular weight is 448 g/mol. The fourth-order valence-corrected chi connectivity index (χ4v) is 3.93. The van der Waals surface area contributed by atoms with Crippen molar-refractivity contribution >= 4 is 23.3 Å². The molecule has 1 heterocycles. The van der Waals surface area contributed by atoms with Gasteiger partial charge in [0.2, 0.25) is 0 Å². The molecule has 0 atom stereocenters. The van der Waals surface area contributed by atoms with Crippen LogP contribution in [0.5, 0.6) is 5.75 Å². The lowest BCUT2D eigenvalue weighted by Crippen LogP contribution is -2.49. The zero-order chi connectivity index (χ0) is 23.4. The molecule has 1 N–H and O–H groups in total. The number of hydrogen-bond acceptors (Lipinski definition) is 3. The van der Waals surface area contributed by atoms with Crippen molar-refractivity contribution < 1.29 is 18.7 Å². The molecule has 170 valence electrons. The smallest absolute Gasteiger partial charge is 0.324 e. The van der Waals surface area contributed by atoms with Crippen LogP contribution in [0.15, 0.2) is 66.7 Å². The van der Waals surface area contributed by atoms with Gasteiger partial charge < -0.3 is 15.0 Å². The van der Waals surface area contributed by atoms with E-state index in [0.29, 0.717) is 41.3 Å². The highest BCUT2D eigenvalue weighted by molar-refractivity contribution is 6.08. The molecule has 33 heavy (non-hydrogen) atoms. The van der Waals surface area contributed by atoms with Gasteiger partial charge in [-0.15, -0.1) is 0 Å². The average Bonchev–Trinajstić information content (AvgIpc) is 2.82. The number of carbonyl (C=O) groups excluding carboxylic acids is 2. The lowest BCUT2D eigenvalue weighted by Gasteiger charge is -2.36. The Morgan fingerprint density at radius 1 is 1.06 bits per heavy atom. The van der Waals surface area contributed by atoms with E-state index in [-0.39, 0.29) is 24.3 Å². The largest absolute Gasteiger partial charge is 0.497 e. The molecule has 3 amide bonds. The highest BCUT2D eigenvalue weighted by atomic mass is 19.1. The number of amides is 3. The summed E-state index contributed by atoms with van der Waals surface area (Å²) in [4.78, 5) is 29.5. The van der Waals surface area contributed by atoms with Crippen molar-refractivity contribution in [1.29, 1.82) is 0 Å². The summed E-state index contributed by atoms with van der Waals surface area (Å²) < 4.78 is 19.4. The second kappa shape index (κ2) is 9.73. The Balaban J connectivity index is 1.59. The predicted molar refractivity (Wildman–Crippen MR) is 126 cm³/mol. The maximum atomic E-state index is 14.2. The Bertz CT molecular complexity index is 1180. The van der Waals surface area contributed by atoms with Crippen LogP contribution in [-0.2, 0) is 6.54 Å². The first-order chi connectivity index (χ1) is 16.0. The fraction of sp³-hybridized carbons (Fsp3) is 0.231. The number of halogens is 1. The fourth-order valence-electron chi connectivity index (χ4n) is 3.93. The van der Waals surface area contributed by atoms with Crippen LogP contribution in [0.3, 0.4) is 0 Å². The first-order valence-corrected chi connectivity index (χ1v) is 10.8. The Hall–Kier alpha value is -3.87. The van der Waals surface area contributed by atoms with Gasteiger partial charge in [-0.1, -0.05) is 30.3 Å². The Labute approximate surface area is 192 Å². The molecule has 1 fully saturated rings. The Morgan fingerprint density at radius 2 is 1.88 bits per heavy atom. The molecular formula is C26H26FN3O3. The van der Waals surface area contributed by atoms with E-state index >= 15 is 0 Å². The molecule has 6 nitrogen and oxygen atoms in total. The van der Waals surface area contributed by atoms with Gasteiger partial charge >= 0.3 is 6.03 Å². The van der Waals surface area contributed by atoms with Gasteiger partial charge in [-0.2, -0.15) is 0 Å². The van der Waals surface area contributed by atoms with E-state index in [4.69, 9.17) is 4.74 Å². The number of anilines is 2. The van der Waals surface area contributed by atoms with Crippen molar-refractivity contribution in [2.45, 2.75) is 19.9 Å². The quantitative estimate of drug-likeness (QED) is 0.563. The minimum atomic E-state index is -0.330. The van der Waals surface area contributed by atoms with Crippen LogP contribution in [0.1, 0.15) is 27.9 Å². The molecule has 1 aliphatic heterocycles. The molecule has 3 aromatic carbocycles. The summed E-state index contributed by atoms with van der Waals surface area (Å²) in [5, 5.41) is 2.94. The standard InChI is InChI=1S/C26H26FN3O3/c1-18-11-12-24(23(15-18)28-25(31)19-8-5-9-21(16-19)33-2)30-14-6-13-29(26(30)32)17-20-7-3-4-10-22(20)27/h3-5,7-12,15-16H,6,13-14,17H2,1-2H3,(H,28,31). The van der Waals surface area contributed by atoms with Crippen molar-refractivity contribution in [1.82, 2.24) is 4.90 Å². The first-order valence-electron chi connectivity index (χ1n) is 10.8. The third kappa shape index (κ3) is 4.98. The maximum absolute atomic E-state index is 14.2. The van der Waals surface area contributed by atoms with E-state index in [1.807, 2.05) is 25.1 Å². The lowest BCUT2D eigenvalue weighted by molar-refractivity contribution is 0.102. The molecule has 7 heteroatoms. The van der Waals surface area contributed by atoms with E-state index in [2.05, 4.69) is 5.32 Å². The molecule has 0 bridgehead atoms. The van der Waals surface area contributed by atoms with E-state index in [9.17, 15) is 14.0 Å². The van der Waals surface area contributed by atoms with Crippen LogP contribution in [0, 0.1) is 12.7 Å². The van der Waals surface area contributed by atoms with E-state index in [0.717, 1.165) is 12.0 Å². The molecule has 1 aliphatic rings. The van der Waals surface area contributed by atoms with E-state index < -0.39 is 0 Å². The number of aryl methyl sites for hydroxylation is 1. The number of nitrogens with one attached hydrogen (secondary N) is 1. The minimum absolute atomic E-state index is 0.194. The lowest BCUT2D eigenvalue weighted by atomic mass is 10.1. The van der Waals surface area contributed by atoms with Crippen molar-refractivity contribution in [2.24, 2.45) is 0 Å². The summed E-state index contributed by atoms with van der Waals surface area (Å²) in [5.41, 5.74) is 3.03. The number of carbonyl (C=O) groups is 2. The SMILES string of the molecule is COc1cccc(C(=O)Nc2cc(C)ccc2N2CCCN(Cc3ccccc3F)C2=O)c1. The number of methoxy groups -OCH3 is 1. The van der Waals surface area contributed by atoms with Crippen molar-refractivity contribution in [2.75, 3.05) is 30.4 Å². The Kier molecular flexibility index (Phi) is 6.58. The van der Waals surface area contributed by atoms with Gasteiger partial charge in [-0.05, 0) is 55.3 Å². The van der Waals surface area contributed by atoms with Gasteiger partial charge in [0.15, 0.2) is 0 Å². The zero-order valence-electron chi connectivity index (χ0n) is 18.7. The normalized spacial score (nSPS) is 13.7. The molecule has 0 aromatic heterocycles. The second-order valence-electron chi connectivity index (χ2n) is 8.01. The summed E-state index contributed by atoms with van der Waals surface area (Å²) in [6.07, 6.45) is 0.733. The van der Waals surface area contributed by atoms with Gasteiger partial charge in [0, 0.05) is 24.2 Å². The third-order valence-corrected chi connectivity index (χ3v) is 5.65. The number of rotatable bonds is 6. The van der Waals surface area contributed by atoms with Gasteiger partial charge in [0.1, 0.15) is 11.6 Å².